The van der Waals surface area contributed by atoms with E-state index in [1.807, 2.05) is 25.1 Å². The molecule has 0 saturated heterocycles. The van der Waals surface area contributed by atoms with Gasteiger partial charge in [-0.2, -0.15) is 0 Å². The second-order valence-corrected chi connectivity index (χ2v) is 6.75. The third-order valence-corrected chi connectivity index (χ3v) is 4.45. The summed E-state index contributed by atoms with van der Waals surface area (Å²) >= 11 is 1.75. The van der Waals surface area contributed by atoms with Crippen LogP contribution >= 0.6 is 11.8 Å². The van der Waals surface area contributed by atoms with Gasteiger partial charge in [-0.05, 0) is 39.3 Å². The Morgan fingerprint density at radius 2 is 2.14 bits per heavy atom. The number of aromatic amines is 1. The van der Waals surface area contributed by atoms with Crippen LogP contribution in [0, 0.1) is 0 Å². The van der Waals surface area contributed by atoms with Crippen LogP contribution in [0.15, 0.2) is 23.4 Å². The van der Waals surface area contributed by atoms with Gasteiger partial charge in [0.15, 0.2) is 5.16 Å². The molecule has 0 fully saturated rings. The minimum Gasteiger partial charge on any atom is -0.494 e. The summed E-state index contributed by atoms with van der Waals surface area (Å²) in [5.41, 5.74) is 2.23. The number of nitrogens with zero attached hydrogens (tertiary/aromatic N) is 1. The molecule has 0 unspecified atom stereocenters. The van der Waals surface area contributed by atoms with Crippen LogP contribution in [0.5, 0.6) is 5.75 Å². The largest absolute Gasteiger partial charge is 0.494 e. The number of fused-ring (bicyclic) bond motifs is 1. The van der Waals surface area contributed by atoms with Crippen molar-refractivity contribution in [2.24, 2.45) is 0 Å². The SMILES string of the molecule is CCOc1ccc2nc(SCCNC(C)(C)CC)[nH]c2c1. The van der Waals surface area contributed by atoms with E-state index < -0.39 is 0 Å². The number of thioether (sulfide) groups is 1. The van der Waals surface area contributed by atoms with E-state index in [2.05, 4.69) is 36.1 Å². The molecule has 2 N–H and O–H groups in total. The summed E-state index contributed by atoms with van der Waals surface area (Å²) in [6.45, 7) is 10.3. The van der Waals surface area contributed by atoms with E-state index >= 15 is 0 Å². The molecule has 0 amide bonds. The van der Waals surface area contributed by atoms with Crippen LogP contribution in [0.2, 0.25) is 0 Å². The number of hydrogen-bond acceptors (Lipinski definition) is 4. The number of hydrogen-bond donors (Lipinski definition) is 2. The van der Waals surface area contributed by atoms with Gasteiger partial charge in [0.25, 0.3) is 0 Å². The maximum atomic E-state index is 5.51. The molecule has 2 rings (SSSR count). The zero-order valence-corrected chi connectivity index (χ0v) is 14.1. The highest BCUT2D eigenvalue weighted by Gasteiger charge is 2.13. The lowest BCUT2D eigenvalue weighted by atomic mass is 10.0. The van der Waals surface area contributed by atoms with Crippen LogP contribution in [-0.4, -0.2) is 34.4 Å². The van der Waals surface area contributed by atoms with Crippen molar-refractivity contribution >= 4 is 22.8 Å². The fourth-order valence-electron chi connectivity index (χ4n) is 1.95. The van der Waals surface area contributed by atoms with Gasteiger partial charge in [0.2, 0.25) is 0 Å². The van der Waals surface area contributed by atoms with Gasteiger partial charge in [0.1, 0.15) is 5.75 Å². The van der Waals surface area contributed by atoms with E-state index in [1.54, 1.807) is 11.8 Å². The molecule has 0 aliphatic rings. The Morgan fingerprint density at radius 3 is 2.86 bits per heavy atom. The normalized spacial score (nSPS) is 12.0. The number of H-pyrrole nitrogens is 1. The Bertz CT molecular complexity index is 580. The summed E-state index contributed by atoms with van der Waals surface area (Å²) in [7, 11) is 0. The molecule has 0 bridgehead atoms. The Balaban J connectivity index is 1.91. The highest BCUT2D eigenvalue weighted by molar-refractivity contribution is 7.99. The van der Waals surface area contributed by atoms with Gasteiger partial charge in [-0.3, -0.25) is 0 Å². The van der Waals surface area contributed by atoms with Crippen molar-refractivity contribution in [1.29, 1.82) is 0 Å². The lowest BCUT2D eigenvalue weighted by Gasteiger charge is -2.24. The van der Waals surface area contributed by atoms with Crippen molar-refractivity contribution in [2.45, 2.75) is 44.8 Å². The number of benzene rings is 1. The summed E-state index contributed by atoms with van der Waals surface area (Å²) in [6, 6.07) is 5.97. The Kier molecular flexibility index (Phi) is 5.53. The first-order valence-electron chi connectivity index (χ1n) is 7.54. The third-order valence-electron chi connectivity index (χ3n) is 3.57. The van der Waals surface area contributed by atoms with Gasteiger partial charge in [-0.1, -0.05) is 18.7 Å². The predicted molar refractivity (Wildman–Crippen MR) is 90.4 cm³/mol. The molecule has 1 heterocycles. The van der Waals surface area contributed by atoms with Crippen LogP contribution in [0.1, 0.15) is 34.1 Å². The standard InChI is InChI=1S/C16H25N3OS/c1-5-16(3,4)17-9-10-21-15-18-13-8-7-12(20-6-2)11-14(13)19-15/h7-8,11,17H,5-6,9-10H2,1-4H3,(H,18,19). The average molecular weight is 307 g/mol. The molecule has 0 spiro atoms. The van der Waals surface area contributed by atoms with Crippen LogP contribution < -0.4 is 10.1 Å². The first kappa shape index (κ1) is 16.2. The molecule has 2 aromatic rings. The number of ether oxygens (including phenoxy) is 1. The molecule has 1 aromatic heterocycles. The first-order chi connectivity index (χ1) is 10.0. The van der Waals surface area contributed by atoms with Crippen molar-refractivity contribution in [3.8, 4) is 5.75 Å². The minimum atomic E-state index is 0.209. The van der Waals surface area contributed by atoms with Crippen molar-refractivity contribution in [2.75, 3.05) is 18.9 Å². The third kappa shape index (κ3) is 4.64. The van der Waals surface area contributed by atoms with Gasteiger partial charge < -0.3 is 15.0 Å². The molecule has 21 heavy (non-hydrogen) atoms. The lowest BCUT2D eigenvalue weighted by molar-refractivity contribution is 0.340. The van der Waals surface area contributed by atoms with Crippen molar-refractivity contribution < 1.29 is 4.74 Å². The maximum Gasteiger partial charge on any atom is 0.166 e. The highest BCUT2D eigenvalue weighted by Crippen LogP contribution is 2.23. The first-order valence-corrected chi connectivity index (χ1v) is 8.53. The highest BCUT2D eigenvalue weighted by atomic mass is 32.2. The molecule has 116 valence electrons. The fraction of sp³-hybridized carbons (Fsp3) is 0.562. The number of nitrogens with one attached hydrogen (secondary N) is 2. The van der Waals surface area contributed by atoms with E-state index in [9.17, 15) is 0 Å². The molecule has 0 radical (unpaired) electrons. The summed E-state index contributed by atoms with van der Waals surface area (Å²) < 4.78 is 5.51. The van der Waals surface area contributed by atoms with E-state index in [0.717, 1.165) is 40.7 Å². The predicted octanol–water partition coefficient (Wildman–Crippen LogP) is 3.83. The number of rotatable bonds is 8. The molecule has 1 aromatic carbocycles. The summed E-state index contributed by atoms with van der Waals surface area (Å²) in [5, 5.41) is 4.52. The monoisotopic (exact) mass is 307 g/mol. The molecule has 0 atom stereocenters. The fourth-order valence-corrected chi connectivity index (χ4v) is 2.69. The van der Waals surface area contributed by atoms with Gasteiger partial charge in [-0.15, -0.1) is 0 Å². The Morgan fingerprint density at radius 1 is 1.33 bits per heavy atom. The Hall–Kier alpha value is -1.20. The van der Waals surface area contributed by atoms with Crippen LogP contribution in [0.3, 0.4) is 0 Å². The second kappa shape index (κ2) is 7.18. The van der Waals surface area contributed by atoms with Gasteiger partial charge >= 0.3 is 0 Å². The quantitative estimate of drug-likeness (QED) is 0.575. The van der Waals surface area contributed by atoms with E-state index in [1.165, 1.54) is 0 Å². The second-order valence-electron chi connectivity index (χ2n) is 5.67. The summed E-state index contributed by atoms with van der Waals surface area (Å²) in [4.78, 5) is 7.94. The van der Waals surface area contributed by atoms with Crippen LogP contribution in [0.4, 0.5) is 0 Å². The molecule has 0 aliphatic heterocycles. The lowest BCUT2D eigenvalue weighted by Crippen LogP contribution is -2.39. The number of imidazole rings is 1. The van der Waals surface area contributed by atoms with Crippen LogP contribution in [-0.2, 0) is 0 Å². The average Bonchev–Trinajstić information content (AvgIpc) is 2.86. The summed E-state index contributed by atoms with van der Waals surface area (Å²) in [5.74, 6) is 1.89. The van der Waals surface area contributed by atoms with Crippen molar-refractivity contribution in [3.63, 3.8) is 0 Å². The zero-order chi connectivity index (χ0) is 15.3. The van der Waals surface area contributed by atoms with E-state index in [0.29, 0.717) is 6.61 Å². The zero-order valence-electron chi connectivity index (χ0n) is 13.3. The molecule has 5 heteroatoms. The summed E-state index contributed by atoms with van der Waals surface area (Å²) in [6.07, 6.45) is 1.13. The molecule has 4 nitrogen and oxygen atoms in total. The molecule has 0 aliphatic carbocycles. The van der Waals surface area contributed by atoms with Crippen molar-refractivity contribution in [3.05, 3.63) is 18.2 Å². The van der Waals surface area contributed by atoms with E-state index in [4.69, 9.17) is 4.74 Å². The van der Waals surface area contributed by atoms with Crippen LogP contribution in [0.25, 0.3) is 11.0 Å². The molecular weight excluding hydrogens is 282 g/mol. The van der Waals surface area contributed by atoms with Gasteiger partial charge in [0, 0.05) is 23.9 Å². The topological polar surface area (TPSA) is 49.9 Å². The van der Waals surface area contributed by atoms with Crippen molar-refractivity contribution in [1.82, 2.24) is 15.3 Å². The Labute approximate surface area is 131 Å². The molecule has 0 saturated carbocycles. The number of aromatic nitrogens is 2. The van der Waals surface area contributed by atoms with E-state index in [-0.39, 0.29) is 5.54 Å². The smallest absolute Gasteiger partial charge is 0.166 e. The van der Waals surface area contributed by atoms with Gasteiger partial charge in [0.05, 0.1) is 17.6 Å². The molecular formula is C16H25N3OS. The maximum absolute atomic E-state index is 5.51. The van der Waals surface area contributed by atoms with Gasteiger partial charge in [-0.25, -0.2) is 4.98 Å². The minimum absolute atomic E-state index is 0.209.